The van der Waals surface area contributed by atoms with Crippen molar-refractivity contribution < 1.29 is 17.9 Å². The van der Waals surface area contributed by atoms with E-state index in [1.807, 2.05) is 38.1 Å². The highest BCUT2D eigenvalue weighted by atomic mass is 32.2. The van der Waals surface area contributed by atoms with Crippen molar-refractivity contribution in [3.8, 4) is 11.5 Å². The molecular weight excluding hydrogens is 338 g/mol. The Bertz CT molecular complexity index is 888. The molecule has 0 aromatic heterocycles. The number of para-hydroxylation sites is 1. The van der Waals surface area contributed by atoms with Crippen molar-refractivity contribution in [3.63, 3.8) is 0 Å². The Morgan fingerprint density at radius 1 is 1.16 bits per heavy atom. The molecule has 0 atom stereocenters. The van der Waals surface area contributed by atoms with Gasteiger partial charge in [-0.2, -0.15) is 0 Å². The molecule has 0 fully saturated rings. The molecule has 0 saturated carbocycles. The lowest BCUT2D eigenvalue weighted by atomic mass is 10.0. The average Bonchev–Trinajstić information content (AvgIpc) is 2.87. The van der Waals surface area contributed by atoms with Crippen LogP contribution in [0.5, 0.6) is 11.5 Å². The van der Waals surface area contributed by atoms with Gasteiger partial charge >= 0.3 is 0 Å². The lowest BCUT2D eigenvalue weighted by Crippen LogP contribution is -2.24. The lowest BCUT2D eigenvalue weighted by Gasteiger charge is -2.18. The Balaban J connectivity index is 1.80. The van der Waals surface area contributed by atoms with E-state index in [1.165, 1.54) is 18.4 Å². The summed E-state index contributed by atoms with van der Waals surface area (Å²) in [5, 5.41) is 0. The van der Waals surface area contributed by atoms with Crippen LogP contribution >= 0.6 is 0 Å². The maximum atomic E-state index is 12.2. The van der Waals surface area contributed by atoms with Gasteiger partial charge in [0.05, 0.1) is 4.90 Å². The molecule has 0 aliphatic carbocycles. The van der Waals surface area contributed by atoms with Crippen molar-refractivity contribution in [1.29, 1.82) is 0 Å². The molecule has 25 heavy (non-hydrogen) atoms. The third-order valence-corrected chi connectivity index (χ3v) is 5.94. The average molecular weight is 361 g/mol. The van der Waals surface area contributed by atoms with Crippen LogP contribution in [0.1, 0.15) is 25.0 Å². The summed E-state index contributed by atoms with van der Waals surface area (Å²) in [5.41, 5.74) is 1.69. The predicted octanol–water partition coefficient (Wildman–Crippen LogP) is 3.23. The molecule has 1 aliphatic rings. The maximum Gasteiger partial charge on any atom is 0.242 e. The first-order valence-corrected chi connectivity index (χ1v) is 9.58. The molecule has 3 rings (SSSR count). The second-order valence-electron chi connectivity index (χ2n) is 7.01. The largest absolute Gasteiger partial charge is 0.485 e. The van der Waals surface area contributed by atoms with Crippen molar-refractivity contribution in [3.05, 3.63) is 53.6 Å². The van der Waals surface area contributed by atoms with Gasteiger partial charge in [-0.05, 0) is 37.6 Å². The smallest absolute Gasteiger partial charge is 0.242 e. The van der Waals surface area contributed by atoms with Crippen molar-refractivity contribution in [2.45, 2.75) is 37.4 Å². The summed E-state index contributed by atoms with van der Waals surface area (Å²) >= 11 is 0. The fourth-order valence-corrected chi connectivity index (χ4v) is 3.84. The van der Waals surface area contributed by atoms with E-state index >= 15 is 0 Å². The predicted molar refractivity (Wildman–Crippen MR) is 96.5 cm³/mol. The van der Waals surface area contributed by atoms with Gasteiger partial charge in [-0.3, -0.25) is 0 Å². The van der Waals surface area contributed by atoms with Gasteiger partial charge in [-0.25, -0.2) is 12.7 Å². The first-order chi connectivity index (χ1) is 11.7. The van der Waals surface area contributed by atoms with Crippen molar-refractivity contribution >= 4 is 10.0 Å². The van der Waals surface area contributed by atoms with E-state index in [-0.39, 0.29) is 17.1 Å². The first kappa shape index (κ1) is 17.8. The normalized spacial score (nSPS) is 15.7. The number of hydrogen-bond donors (Lipinski definition) is 0. The molecule has 0 bridgehead atoms. The summed E-state index contributed by atoms with van der Waals surface area (Å²) in [5.74, 6) is 1.47. The van der Waals surface area contributed by atoms with Crippen LogP contribution < -0.4 is 9.47 Å². The number of rotatable bonds is 5. The summed E-state index contributed by atoms with van der Waals surface area (Å²) in [4.78, 5) is 0.259. The molecule has 5 nitrogen and oxygen atoms in total. The van der Waals surface area contributed by atoms with Crippen LogP contribution in [-0.4, -0.2) is 32.4 Å². The SMILES string of the molecule is CN(C)S(=O)(=O)c1cccc(COc2cccc3c2OC(C)(C)C3)c1. The van der Waals surface area contributed by atoms with Gasteiger partial charge in [-0.15, -0.1) is 0 Å². The number of hydrogen-bond acceptors (Lipinski definition) is 4. The van der Waals surface area contributed by atoms with E-state index in [0.717, 1.165) is 23.3 Å². The van der Waals surface area contributed by atoms with Crippen molar-refractivity contribution in [2.24, 2.45) is 0 Å². The van der Waals surface area contributed by atoms with Crippen LogP contribution in [0.2, 0.25) is 0 Å². The molecule has 0 spiro atoms. The zero-order valence-electron chi connectivity index (χ0n) is 14.9. The molecule has 0 N–H and O–H groups in total. The fraction of sp³-hybridized carbons (Fsp3) is 0.368. The molecular formula is C19H23NO4S. The maximum absolute atomic E-state index is 12.2. The highest BCUT2D eigenvalue weighted by molar-refractivity contribution is 7.89. The minimum absolute atomic E-state index is 0.235. The highest BCUT2D eigenvalue weighted by Gasteiger charge is 2.32. The molecule has 0 unspecified atom stereocenters. The summed E-state index contributed by atoms with van der Waals surface area (Å²) in [7, 11) is -0.417. The molecule has 1 heterocycles. The van der Waals surface area contributed by atoms with Crippen LogP contribution in [-0.2, 0) is 23.1 Å². The Morgan fingerprint density at radius 3 is 2.60 bits per heavy atom. The first-order valence-electron chi connectivity index (χ1n) is 8.14. The number of sulfonamides is 1. The Labute approximate surface area is 149 Å². The lowest BCUT2D eigenvalue weighted by molar-refractivity contribution is 0.131. The zero-order valence-corrected chi connectivity index (χ0v) is 15.8. The molecule has 0 saturated heterocycles. The Hall–Kier alpha value is -2.05. The molecule has 2 aromatic rings. The van der Waals surface area contributed by atoms with E-state index in [1.54, 1.807) is 18.2 Å². The van der Waals surface area contributed by atoms with E-state index in [4.69, 9.17) is 9.47 Å². The van der Waals surface area contributed by atoms with Crippen molar-refractivity contribution in [2.75, 3.05) is 14.1 Å². The Morgan fingerprint density at radius 2 is 1.88 bits per heavy atom. The van der Waals surface area contributed by atoms with Gasteiger partial charge in [0, 0.05) is 26.1 Å². The van der Waals surface area contributed by atoms with E-state index < -0.39 is 10.0 Å². The highest BCUT2D eigenvalue weighted by Crippen LogP contribution is 2.41. The van der Waals surface area contributed by atoms with Gasteiger partial charge in [0.25, 0.3) is 0 Å². The number of benzene rings is 2. The quantitative estimate of drug-likeness (QED) is 0.820. The molecule has 0 amide bonds. The zero-order chi connectivity index (χ0) is 18.2. The molecule has 1 aliphatic heterocycles. The van der Waals surface area contributed by atoms with Gasteiger partial charge in [-0.1, -0.05) is 24.3 Å². The third kappa shape index (κ3) is 3.65. The fourth-order valence-electron chi connectivity index (χ4n) is 2.87. The van der Waals surface area contributed by atoms with Gasteiger partial charge in [0.1, 0.15) is 12.2 Å². The van der Waals surface area contributed by atoms with E-state index in [2.05, 4.69) is 0 Å². The van der Waals surface area contributed by atoms with Gasteiger partial charge in [0.2, 0.25) is 10.0 Å². The van der Waals surface area contributed by atoms with Crippen LogP contribution in [0.15, 0.2) is 47.4 Å². The second kappa shape index (κ2) is 6.35. The number of fused-ring (bicyclic) bond motifs is 1. The third-order valence-electron chi connectivity index (χ3n) is 4.13. The summed E-state index contributed by atoms with van der Waals surface area (Å²) in [6.07, 6.45) is 0.843. The minimum atomic E-state index is -3.45. The van der Waals surface area contributed by atoms with Crippen LogP contribution in [0.3, 0.4) is 0 Å². The summed E-state index contributed by atoms with van der Waals surface area (Å²) in [6, 6.07) is 12.7. The van der Waals surface area contributed by atoms with Gasteiger partial charge in [0.15, 0.2) is 11.5 Å². The minimum Gasteiger partial charge on any atom is -0.485 e. The van der Waals surface area contributed by atoms with E-state index in [0.29, 0.717) is 5.75 Å². The summed E-state index contributed by atoms with van der Waals surface area (Å²) in [6.45, 7) is 4.37. The van der Waals surface area contributed by atoms with Crippen LogP contribution in [0, 0.1) is 0 Å². The van der Waals surface area contributed by atoms with Crippen LogP contribution in [0.25, 0.3) is 0 Å². The Kier molecular flexibility index (Phi) is 4.51. The number of nitrogens with zero attached hydrogens (tertiary/aromatic N) is 1. The molecule has 0 radical (unpaired) electrons. The monoisotopic (exact) mass is 361 g/mol. The topological polar surface area (TPSA) is 55.8 Å². The van der Waals surface area contributed by atoms with E-state index in [9.17, 15) is 8.42 Å². The molecule has 134 valence electrons. The molecule has 6 heteroatoms. The van der Waals surface area contributed by atoms with Gasteiger partial charge < -0.3 is 9.47 Å². The number of ether oxygens (including phenoxy) is 2. The van der Waals surface area contributed by atoms with Crippen LogP contribution in [0.4, 0.5) is 0 Å². The van der Waals surface area contributed by atoms with Crippen molar-refractivity contribution in [1.82, 2.24) is 4.31 Å². The second-order valence-corrected chi connectivity index (χ2v) is 9.16. The molecule has 2 aromatic carbocycles. The standard InChI is InChI=1S/C19H23NO4S/c1-19(2)12-15-8-6-10-17(18(15)24-19)23-13-14-7-5-9-16(11-14)25(21,22)20(3)4/h5-11H,12-13H2,1-4H3. The summed E-state index contributed by atoms with van der Waals surface area (Å²) < 4.78 is 37.6.